The lowest BCUT2D eigenvalue weighted by Gasteiger charge is -2.33. The highest BCUT2D eigenvalue weighted by atomic mass is 16.2. The zero-order valence-electron chi connectivity index (χ0n) is 18.7. The third kappa shape index (κ3) is 4.45. The summed E-state index contributed by atoms with van der Waals surface area (Å²) < 4.78 is 1.68. The molecule has 0 N–H and O–H groups in total. The Bertz CT molecular complexity index is 1060. The van der Waals surface area contributed by atoms with Crippen LogP contribution in [0.15, 0.2) is 42.9 Å². The van der Waals surface area contributed by atoms with E-state index in [0.29, 0.717) is 12.5 Å². The van der Waals surface area contributed by atoms with Gasteiger partial charge in [0.1, 0.15) is 6.54 Å². The molecular weight excluding hydrogens is 388 g/mol. The summed E-state index contributed by atoms with van der Waals surface area (Å²) in [5.41, 5.74) is 5.76. The van der Waals surface area contributed by atoms with Crippen LogP contribution in [0.1, 0.15) is 35.6 Å². The van der Waals surface area contributed by atoms with Gasteiger partial charge >= 0.3 is 0 Å². The van der Waals surface area contributed by atoms with Crippen LogP contribution in [0.3, 0.4) is 0 Å². The van der Waals surface area contributed by atoms with Gasteiger partial charge in [-0.3, -0.25) is 9.48 Å². The van der Waals surface area contributed by atoms with Gasteiger partial charge in [0.15, 0.2) is 0 Å². The average molecular weight is 419 g/mol. The first-order valence-corrected chi connectivity index (χ1v) is 10.8. The Kier molecular flexibility index (Phi) is 6.02. The number of piperidine rings is 1. The topological polar surface area (TPSA) is 67.2 Å². The van der Waals surface area contributed by atoms with E-state index in [4.69, 9.17) is 4.98 Å². The Morgan fingerprint density at radius 2 is 2.03 bits per heavy atom. The van der Waals surface area contributed by atoms with Gasteiger partial charge in [-0.2, -0.15) is 5.10 Å². The lowest BCUT2D eigenvalue weighted by Crippen LogP contribution is -2.41. The van der Waals surface area contributed by atoms with E-state index >= 15 is 0 Å². The van der Waals surface area contributed by atoms with Crippen LogP contribution in [0.5, 0.6) is 0 Å². The van der Waals surface area contributed by atoms with Crippen molar-refractivity contribution in [2.45, 2.75) is 39.2 Å². The smallest absolute Gasteiger partial charge is 0.244 e. The number of likely N-dealkylation sites (tertiary alicyclic amines) is 1. The predicted molar refractivity (Wildman–Crippen MR) is 122 cm³/mol. The molecule has 0 bridgehead atoms. The first-order valence-electron chi connectivity index (χ1n) is 10.8. The zero-order chi connectivity index (χ0) is 22.0. The van der Waals surface area contributed by atoms with Crippen LogP contribution in [0.4, 0.5) is 5.95 Å². The number of nitrogens with zero attached hydrogens (tertiary/aromatic N) is 6. The molecule has 1 amide bonds. The fraction of sp³-hybridized carbons (Fsp3) is 0.417. The van der Waals surface area contributed by atoms with Crippen molar-refractivity contribution in [2.75, 3.05) is 32.1 Å². The van der Waals surface area contributed by atoms with Gasteiger partial charge in [0, 0.05) is 57.3 Å². The molecule has 162 valence electrons. The van der Waals surface area contributed by atoms with Gasteiger partial charge in [0.25, 0.3) is 0 Å². The van der Waals surface area contributed by atoms with Crippen molar-refractivity contribution in [1.29, 1.82) is 0 Å². The number of benzene rings is 1. The molecule has 1 saturated heterocycles. The van der Waals surface area contributed by atoms with E-state index in [1.807, 2.05) is 42.4 Å². The van der Waals surface area contributed by atoms with Gasteiger partial charge < -0.3 is 9.80 Å². The fourth-order valence-corrected chi connectivity index (χ4v) is 4.22. The third-order valence-electron chi connectivity index (χ3n) is 6.12. The highest BCUT2D eigenvalue weighted by Gasteiger charge is 2.29. The number of anilines is 1. The highest BCUT2D eigenvalue weighted by molar-refractivity contribution is 5.76. The van der Waals surface area contributed by atoms with E-state index in [9.17, 15) is 4.79 Å². The third-order valence-corrected chi connectivity index (χ3v) is 6.12. The first kappa shape index (κ1) is 21.0. The molecule has 1 aliphatic rings. The second kappa shape index (κ2) is 8.88. The molecule has 0 saturated carbocycles. The minimum Gasteiger partial charge on any atom is -0.347 e. The molecule has 7 nitrogen and oxygen atoms in total. The molecule has 3 aromatic rings. The van der Waals surface area contributed by atoms with Crippen LogP contribution >= 0.6 is 0 Å². The highest BCUT2D eigenvalue weighted by Crippen LogP contribution is 2.35. The lowest BCUT2D eigenvalue weighted by molar-refractivity contribution is -0.133. The van der Waals surface area contributed by atoms with Crippen LogP contribution in [0, 0.1) is 13.8 Å². The van der Waals surface area contributed by atoms with E-state index in [1.54, 1.807) is 10.9 Å². The Balaban J connectivity index is 1.67. The monoisotopic (exact) mass is 418 g/mol. The molecule has 1 aromatic carbocycles. The number of carbonyl (C=O) groups is 1. The van der Waals surface area contributed by atoms with Gasteiger partial charge in [-0.05, 0) is 49.4 Å². The lowest BCUT2D eigenvalue weighted by atomic mass is 9.88. The number of amides is 1. The van der Waals surface area contributed by atoms with Crippen molar-refractivity contribution in [2.24, 2.45) is 0 Å². The summed E-state index contributed by atoms with van der Waals surface area (Å²) in [6, 6.07) is 8.20. The molecule has 1 aliphatic heterocycles. The Morgan fingerprint density at radius 1 is 1.19 bits per heavy atom. The maximum atomic E-state index is 12.9. The second-order valence-corrected chi connectivity index (χ2v) is 8.49. The molecule has 0 aliphatic carbocycles. The van der Waals surface area contributed by atoms with E-state index in [1.165, 1.54) is 16.7 Å². The van der Waals surface area contributed by atoms with Gasteiger partial charge in [-0.1, -0.05) is 18.2 Å². The number of carbonyl (C=O) groups excluding carboxylic acids is 1. The van der Waals surface area contributed by atoms with Crippen LogP contribution in [0.2, 0.25) is 0 Å². The van der Waals surface area contributed by atoms with Gasteiger partial charge in [0.05, 0.1) is 5.69 Å². The SMILES string of the molecule is Cc1cccc(-c2cnc(N(C)C)nc2[C@@H]2CCCN(C(=O)Cn3cccn3)C2)c1C. The van der Waals surface area contributed by atoms with E-state index in [-0.39, 0.29) is 18.4 Å². The van der Waals surface area contributed by atoms with Crippen molar-refractivity contribution in [1.82, 2.24) is 24.6 Å². The van der Waals surface area contributed by atoms with Crippen molar-refractivity contribution in [3.63, 3.8) is 0 Å². The number of hydrogen-bond acceptors (Lipinski definition) is 5. The molecule has 2 aromatic heterocycles. The van der Waals surface area contributed by atoms with Crippen molar-refractivity contribution in [3.05, 3.63) is 59.7 Å². The van der Waals surface area contributed by atoms with Gasteiger partial charge in [-0.15, -0.1) is 0 Å². The summed E-state index contributed by atoms with van der Waals surface area (Å²) >= 11 is 0. The van der Waals surface area contributed by atoms with Gasteiger partial charge in [-0.25, -0.2) is 9.97 Å². The maximum Gasteiger partial charge on any atom is 0.244 e. The zero-order valence-corrected chi connectivity index (χ0v) is 18.7. The number of rotatable bonds is 5. The second-order valence-electron chi connectivity index (χ2n) is 8.49. The number of hydrogen-bond donors (Lipinski definition) is 0. The van der Waals surface area contributed by atoms with E-state index in [0.717, 1.165) is 30.6 Å². The Hall–Kier alpha value is -3.22. The standard InChI is InChI=1S/C24H30N6O/c1-17-8-5-10-20(18(17)2)21-14-25-24(28(3)4)27-23(21)19-9-6-12-29(15-19)22(31)16-30-13-7-11-26-30/h5,7-8,10-11,13-14,19H,6,9,12,15-16H2,1-4H3/t19-/m1/s1. The Morgan fingerprint density at radius 3 is 2.77 bits per heavy atom. The molecule has 7 heteroatoms. The molecule has 0 spiro atoms. The van der Waals surface area contributed by atoms with Crippen molar-refractivity contribution >= 4 is 11.9 Å². The number of aromatic nitrogens is 4. The summed E-state index contributed by atoms with van der Waals surface area (Å²) in [5.74, 6) is 0.972. The predicted octanol–water partition coefficient (Wildman–Crippen LogP) is 3.43. The molecule has 4 rings (SSSR count). The molecule has 31 heavy (non-hydrogen) atoms. The maximum absolute atomic E-state index is 12.9. The molecular formula is C24H30N6O. The number of aryl methyl sites for hydroxylation is 1. The Labute approximate surface area is 183 Å². The first-order chi connectivity index (χ1) is 14.9. The van der Waals surface area contributed by atoms with E-state index in [2.05, 4.69) is 42.1 Å². The van der Waals surface area contributed by atoms with Crippen LogP contribution in [-0.4, -0.2) is 57.7 Å². The quantitative estimate of drug-likeness (QED) is 0.635. The minimum atomic E-state index is 0.101. The van der Waals surface area contributed by atoms with Crippen LogP contribution < -0.4 is 4.90 Å². The van der Waals surface area contributed by atoms with Crippen LogP contribution in [-0.2, 0) is 11.3 Å². The summed E-state index contributed by atoms with van der Waals surface area (Å²) in [7, 11) is 3.91. The largest absolute Gasteiger partial charge is 0.347 e. The van der Waals surface area contributed by atoms with Crippen molar-refractivity contribution in [3.8, 4) is 11.1 Å². The van der Waals surface area contributed by atoms with Crippen LogP contribution in [0.25, 0.3) is 11.1 Å². The average Bonchev–Trinajstić information content (AvgIpc) is 3.28. The normalized spacial score (nSPS) is 16.4. The summed E-state index contributed by atoms with van der Waals surface area (Å²) in [5, 5.41) is 4.17. The molecule has 0 unspecified atom stereocenters. The summed E-state index contributed by atoms with van der Waals surface area (Å²) in [6.45, 7) is 6.00. The summed E-state index contributed by atoms with van der Waals surface area (Å²) in [4.78, 5) is 26.4. The molecule has 1 fully saturated rings. The molecule has 0 radical (unpaired) electrons. The van der Waals surface area contributed by atoms with Crippen molar-refractivity contribution < 1.29 is 4.79 Å². The van der Waals surface area contributed by atoms with Gasteiger partial charge in [0.2, 0.25) is 11.9 Å². The minimum absolute atomic E-state index is 0.101. The summed E-state index contributed by atoms with van der Waals surface area (Å²) in [6.07, 6.45) is 7.44. The van der Waals surface area contributed by atoms with E-state index < -0.39 is 0 Å². The fourth-order valence-electron chi connectivity index (χ4n) is 4.22. The molecule has 3 heterocycles. The molecule has 1 atom stereocenters.